The molecule has 0 radical (unpaired) electrons. The molecule has 1 rings (SSSR count). The number of anilines is 1. The second-order valence-corrected chi connectivity index (χ2v) is 5.89. The summed E-state index contributed by atoms with van der Waals surface area (Å²) in [7, 11) is 0. The number of primary amides is 1. The molecule has 0 aliphatic carbocycles. The zero-order chi connectivity index (χ0) is 18.8. The molecule has 0 aliphatic heterocycles. The highest BCUT2D eigenvalue weighted by Gasteiger charge is 2.21. The number of benzene rings is 1. The number of urea groups is 1. The number of nitrogens with two attached hydrogens (primary N) is 1. The van der Waals surface area contributed by atoms with E-state index >= 15 is 0 Å². The molecule has 1 atom stereocenters. The summed E-state index contributed by atoms with van der Waals surface area (Å²) < 4.78 is 4.80. The molecule has 0 heterocycles. The van der Waals surface area contributed by atoms with Gasteiger partial charge in [0, 0.05) is 11.8 Å². The van der Waals surface area contributed by atoms with Gasteiger partial charge in [-0.05, 0) is 43.0 Å². The Kier molecular flexibility index (Phi) is 8.18. The molecule has 1 aromatic rings. The Labute approximate surface area is 147 Å². The summed E-state index contributed by atoms with van der Waals surface area (Å²) in [6, 6.07) is 5.49. The van der Waals surface area contributed by atoms with Crippen LogP contribution in [0.5, 0.6) is 0 Å². The van der Waals surface area contributed by atoms with Crippen LogP contribution in [-0.4, -0.2) is 30.6 Å². The molecule has 0 aromatic heterocycles. The zero-order valence-corrected chi connectivity index (χ0v) is 14.7. The Hall–Kier alpha value is -2.83. The van der Waals surface area contributed by atoms with Crippen LogP contribution in [0.3, 0.4) is 0 Å². The molecule has 0 aliphatic rings. The molecule has 0 saturated carbocycles. The van der Waals surface area contributed by atoms with Crippen molar-refractivity contribution in [3.8, 4) is 0 Å². The van der Waals surface area contributed by atoms with Gasteiger partial charge in [-0.3, -0.25) is 4.79 Å². The van der Waals surface area contributed by atoms with Gasteiger partial charge in [0.15, 0.2) is 0 Å². The summed E-state index contributed by atoms with van der Waals surface area (Å²) in [6.07, 6.45) is 3.45. The van der Waals surface area contributed by atoms with Crippen LogP contribution in [0.1, 0.15) is 32.8 Å². The molecule has 0 saturated heterocycles. The minimum atomic E-state index is -0.736. The summed E-state index contributed by atoms with van der Waals surface area (Å²) >= 11 is 0. The van der Waals surface area contributed by atoms with E-state index in [1.807, 2.05) is 13.8 Å². The van der Waals surface area contributed by atoms with Gasteiger partial charge in [0.05, 0.1) is 6.61 Å². The number of amides is 3. The minimum Gasteiger partial charge on any atom is -0.463 e. The number of hydrogen-bond donors (Lipinski definition) is 3. The summed E-state index contributed by atoms with van der Waals surface area (Å²) in [5.74, 6) is -0.519. The number of nitrogens with one attached hydrogen (secondary N) is 2. The molecule has 4 N–H and O–H groups in total. The first-order valence-corrected chi connectivity index (χ1v) is 8.13. The molecule has 1 aromatic carbocycles. The van der Waals surface area contributed by atoms with E-state index in [4.69, 9.17) is 10.5 Å². The third-order valence-electron chi connectivity index (χ3n) is 3.22. The first kappa shape index (κ1) is 20.2. The molecular formula is C18H25N3O4. The van der Waals surface area contributed by atoms with Crippen LogP contribution in [0, 0.1) is 5.92 Å². The van der Waals surface area contributed by atoms with Gasteiger partial charge in [-0.2, -0.15) is 0 Å². The quantitative estimate of drug-likeness (QED) is 0.495. The van der Waals surface area contributed by atoms with Gasteiger partial charge in [-0.25, -0.2) is 9.59 Å². The number of carbonyl (C=O) groups excluding carboxylic acids is 3. The van der Waals surface area contributed by atoms with Crippen molar-refractivity contribution in [3.63, 3.8) is 0 Å². The van der Waals surface area contributed by atoms with Crippen LogP contribution in [0.2, 0.25) is 0 Å². The molecule has 7 heteroatoms. The Morgan fingerprint density at radius 2 is 1.84 bits per heavy atom. The fourth-order valence-electron chi connectivity index (χ4n) is 2.14. The van der Waals surface area contributed by atoms with Crippen LogP contribution < -0.4 is 16.4 Å². The SMILES string of the molecule is CCOC(=O)C=Cc1ccc(NC(=O)C(CC(C)C)NC(N)=O)cc1. The van der Waals surface area contributed by atoms with E-state index in [0.29, 0.717) is 18.7 Å². The van der Waals surface area contributed by atoms with Crippen molar-refractivity contribution in [2.24, 2.45) is 11.7 Å². The standard InChI is InChI=1S/C18H25N3O4/c1-4-25-16(22)10-7-13-5-8-14(9-6-13)20-17(23)15(11-12(2)3)21-18(19)24/h5-10,12,15H,4,11H2,1-3H3,(H,20,23)(H3,19,21,24). The summed E-state index contributed by atoms with van der Waals surface area (Å²) in [6.45, 7) is 5.97. The van der Waals surface area contributed by atoms with Crippen molar-refractivity contribution in [1.82, 2.24) is 5.32 Å². The van der Waals surface area contributed by atoms with E-state index in [1.54, 1.807) is 37.3 Å². The van der Waals surface area contributed by atoms with E-state index < -0.39 is 18.0 Å². The first-order chi connectivity index (χ1) is 11.8. The smallest absolute Gasteiger partial charge is 0.330 e. The average molecular weight is 347 g/mol. The number of esters is 1. The largest absolute Gasteiger partial charge is 0.463 e. The maximum atomic E-state index is 12.3. The Bertz CT molecular complexity index is 624. The van der Waals surface area contributed by atoms with Crippen LogP contribution in [0.15, 0.2) is 30.3 Å². The van der Waals surface area contributed by atoms with E-state index in [-0.39, 0.29) is 11.8 Å². The van der Waals surface area contributed by atoms with Gasteiger partial charge in [-0.15, -0.1) is 0 Å². The van der Waals surface area contributed by atoms with Gasteiger partial charge in [0.25, 0.3) is 0 Å². The lowest BCUT2D eigenvalue weighted by molar-refractivity contribution is -0.137. The van der Waals surface area contributed by atoms with Crippen molar-refractivity contribution in [2.45, 2.75) is 33.2 Å². The third kappa shape index (κ3) is 8.01. The topological polar surface area (TPSA) is 111 Å². The fourth-order valence-corrected chi connectivity index (χ4v) is 2.14. The lowest BCUT2D eigenvalue weighted by Crippen LogP contribution is -2.46. The zero-order valence-electron chi connectivity index (χ0n) is 14.7. The maximum Gasteiger partial charge on any atom is 0.330 e. The van der Waals surface area contributed by atoms with E-state index in [9.17, 15) is 14.4 Å². The normalized spacial score (nSPS) is 12.0. The predicted molar refractivity (Wildman–Crippen MR) is 96.7 cm³/mol. The lowest BCUT2D eigenvalue weighted by Gasteiger charge is -2.19. The highest BCUT2D eigenvalue weighted by molar-refractivity contribution is 5.97. The van der Waals surface area contributed by atoms with Crippen molar-refractivity contribution < 1.29 is 19.1 Å². The number of rotatable bonds is 8. The van der Waals surface area contributed by atoms with Gasteiger partial charge >= 0.3 is 12.0 Å². The van der Waals surface area contributed by atoms with Gasteiger partial charge in [0.1, 0.15) is 6.04 Å². The Morgan fingerprint density at radius 1 is 1.20 bits per heavy atom. The molecule has 25 heavy (non-hydrogen) atoms. The van der Waals surface area contributed by atoms with E-state index in [0.717, 1.165) is 5.56 Å². The minimum absolute atomic E-state index is 0.220. The predicted octanol–water partition coefficient (Wildman–Crippen LogP) is 2.28. The number of hydrogen-bond acceptors (Lipinski definition) is 4. The van der Waals surface area contributed by atoms with Crippen molar-refractivity contribution in [3.05, 3.63) is 35.9 Å². The monoisotopic (exact) mass is 347 g/mol. The molecule has 0 bridgehead atoms. The molecule has 7 nitrogen and oxygen atoms in total. The average Bonchev–Trinajstić information content (AvgIpc) is 2.53. The number of carbonyl (C=O) groups is 3. The van der Waals surface area contributed by atoms with Crippen LogP contribution in [0.4, 0.5) is 10.5 Å². The summed E-state index contributed by atoms with van der Waals surface area (Å²) in [5, 5.41) is 5.19. The molecular weight excluding hydrogens is 322 g/mol. The third-order valence-corrected chi connectivity index (χ3v) is 3.22. The van der Waals surface area contributed by atoms with Crippen LogP contribution in [-0.2, 0) is 14.3 Å². The lowest BCUT2D eigenvalue weighted by atomic mass is 10.0. The van der Waals surface area contributed by atoms with Crippen molar-refractivity contribution in [2.75, 3.05) is 11.9 Å². The van der Waals surface area contributed by atoms with Crippen molar-refractivity contribution >= 4 is 29.7 Å². The van der Waals surface area contributed by atoms with Crippen LogP contribution >= 0.6 is 0 Å². The highest BCUT2D eigenvalue weighted by Crippen LogP contribution is 2.13. The van der Waals surface area contributed by atoms with Crippen molar-refractivity contribution in [1.29, 1.82) is 0 Å². The van der Waals surface area contributed by atoms with E-state index in [2.05, 4.69) is 10.6 Å². The van der Waals surface area contributed by atoms with Gasteiger partial charge < -0.3 is 21.1 Å². The maximum absolute atomic E-state index is 12.3. The van der Waals surface area contributed by atoms with Gasteiger partial charge in [0.2, 0.25) is 5.91 Å². The summed E-state index contributed by atoms with van der Waals surface area (Å²) in [5.41, 5.74) is 6.50. The van der Waals surface area contributed by atoms with E-state index in [1.165, 1.54) is 6.08 Å². The van der Waals surface area contributed by atoms with Gasteiger partial charge in [-0.1, -0.05) is 26.0 Å². The molecule has 3 amide bonds. The summed E-state index contributed by atoms with van der Waals surface area (Å²) in [4.78, 5) is 34.6. The highest BCUT2D eigenvalue weighted by atomic mass is 16.5. The second kappa shape index (κ2) is 10.1. The molecule has 0 fully saturated rings. The first-order valence-electron chi connectivity index (χ1n) is 8.13. The Balaban J connectivity index is 2.70. The number of ether oxygens (including phenoxy) is 1. The second-order valence-electron chi connectivity index (χ2n) is 5.89. The van der Waals surface area contributed by atoms with Crippen LogP contribution in [0.25, 0.3) is 6.08 Å². The molecule has 136 valence electrons. The molecule has 1 unspecified atom stereocenters. The Morgan fingerprint density at radius 3 is 2.36 bits per heavy atom. The molecule has 0 spiro atoms. The fraction of sp³-hybridized carbons (Fsp3) is 0.389.